The lowest BCUT2D eigenvalue weighted by Crippen LogP contribution is -2.52. The highest BCUT2D eigenvalue weighted by Crippen LogP contribution is 2.55. The first-order chi connectivity index (χ1) is 12.2. The number of aromatic hydroxyl groups is 1. The van der Waals surface area contributed by atoms with Crippen LogP contribution in [0.25, 0.3) is 0 Å². The summed E-state index contributed by atoms with van der Waals surface area (Å²) in [6.45, 7) is 0. The standard InChI is InChI=1S/C13H5F13O2/c14-9(15,12(21,22)23)7(10(16,17)13(24,25)26)8(11(18,19)20)28-6-3-1-5(27)2-4-6/h1-4,27H. The van der Waals surface area contributed by atoms with Gasteiger partial charge in [-0.25, -0.2) is 0 Å². The van der Waals surface area contributed by atoms with E-state index in [4.69, 9.17) is 5.11 Å². The fourth-order valence-electron chi connectivity index (χ4n) is 1.65. The largest absolute Gasteiger partial charge is 0.508 e. The van der Waals surface area contributed by atoms with Gasteiger partial charge in [-0.2, -0.15) is 57.1 Å². The van der Waals surface area contributed by atoms with Gasteiger partial charge in [0.15, 0.2) is 0 Å². The molecular formula is C13H5F13O2. The van der Waals surface area contributed by atoms with E-state index < -0.39 is 53.2 Å². The second-order valence-corrected chi connectivity index (χ2v) is 4.94. The van der Waals surface area contributed by atoms with E-state index in [0.717, 1.165) is 0 Å². The van der Waals surface area contributed by atoms with Crippen LogP contribution in [-0.2, 0) is 0 Å². The highest BCUT2D eigenvalue weighted by Gasteiger charge is 2.76. The molecule has 0 saturated heterocycles. The van der Waals surface area contributed by atoms with Crippen LogP contribution in [0.15, 0.2) is 35.6 Å². The van der Waals surface area contributed by atoms with E-state index in [1.165, 1.54) is 0 Å². The maximum Gasteiger partial charge on any atom is 0.458 e. The molecule has 0 spiro atoms. The van der Waals surface area contributed by atoms with Gasteiger partial charge in [0.25, 0.3) is 0 Å². The van der Waals surface area contributed by atoms with Crippen molar-refractivity contribution in [2.24, 2.45) is 0 Å². The van der Waals surface area contributed by atoms with Gasteiger partial charge >= 0.3 is 30.4 Å². The number of allylic oxidation sites excluding steroid dienone is 2. The average Bonchev–Trinajstić information content (AvgIpc) is 2.44. The minimum absolute atomic E-state index is 0.288. The summed E-state index contributed by atoms with van der Waals surface area (Å²) in [5, 5.41) is 8.90. The van der Waals surface area contributed by atoms with Gasteiger partial charge in [0, 0.05) is 0 Å². The maximum atomic E-state index is 13.4. The fourth-order valence-corrected chi connectivity index (χ4v) is 1.65. The number of rotatable bonds is 4. The molecule has 0 bridgehead atoms. The van der Waals surface area contributed by atoms with Gasteiger partial charge < -0.3 is 9.84 Å². The van der Waals surface area contributed by atoms with Crippen LogP contribution in [0.3, 0.4) is 0 Å². The number of ether oxygens (including phenoxy) is 1. The van der Waals surface area contributed by atoms with Crippen LogP contribution in [0.4, 0.5) is 57.1 Å². The van der Waals surface area contributed by atoms with Gasteiger partial charge in [-0.05, 0) is 24.3 Å². The van der Waals surface area contributed by atoms with Gasteiger partial charge in [-0.1, -0.05) is 0 Å². The third kappa shape index (κ3) is 4.55. The van der Waals surface area contributed by atoms with Crippen LogP contribution in [0, 0.1) is 0 Å². The summed E-state index contributed by atoms with van der Waals surface area (Å²) in [4.78, 5) is 0. The quantitative estimate of drug-likeness (QED) is 0.461. The van der Waals surface area contributed by atoms with Crippen molar-refractivity contribution in [1.29, 1.82) is 0 Å². The molecule has 0 atom stereocenters. The lowest BCUT2D eigenvalue weighted by molar-refractivity contribution is -0.311. The van der Waals surface area contributed by atoms with Crippen molar-refractivity contribution in [3.8, 4) is 11.5 Å². The van der Waals surface area contributed by atoms with Crippen molar-refractivity contribution in [1.82, 2.24) is 0 Å². The van der Waals surface area contributed by atoms with E-state index in [2.05, 4.69) is 4.74 Å². The highest BCUT2D eigenvalue weighted by atomic mass is 19.4. The SMILES string of the molecule is Oc1ccc(OC(=C(C(F)(F)C(F)(F)F)C(F)(F)C(F)(F)F)C(F)(F)F)cc1. The topological polar surface area (TPSA) is 29.5 Å². The molecule has 2 nitrogen and oxygen atoms in total. The Morgan fingerprint density at radius 1 is 0.643 bits per heavy atom. The number of alkyl halides is 13. The molecule has 0 fully saturated rings. The molecule has 0 heterocycles. The number of halogens is 13. The molecule has 0 amide bonds. The third-order valence-electron chi connectivity index (χ3n) is 2.88. The van der Waals surface area contributed by atoms with E-state index in [9.17, 15) is 57.1 Å². The summed E-state index contributed by atoms with van der Waals surface area (Å²) in [5.74, 6) is -20.5. The van der Waals surface area contributed by atoms with Crippen molar-refractivity contribution in [2.75, 3.05) is 0 Å². The van der Waals surface area contributed by atoms with Crippen LogP contribution in [0.2, 0.25) is 0 Å². The summed E-state index contributed by atoms with van der Waals surface area (Å²) < 4.78 is 170. The van der Waals surface area contributed by atoms with Gasteiger partial charge in [0.1, 0.15) is 17.1 Å². The number of hydrogen-bond donors (Lipinski definition) is 1. The third-order valence-corrected chi connectivity index (χ3v) is 2.88. The molecule has 0 aliphatic heterocycles. The second kappa shape index (κ2) is 6.92. The molecule has 15 heteroatoms. The molecule has 1 N–H and O–H groups in total. The van der Waals surface area contributed by atoms with Crippen molar-refractivity contribution >= 4 is 0 Å². The number of phenols is 1. The summed E-state index contributed by atoms with van der Waals surface area (Å²) in [7, 11) is 0. The molecule has 0 aliphatic rings. The summed E-state index contributed by atoms with van der Waals surface area (Å²) >= 11 is 0. The Hall–Kier alpha value is -2.35. The Morgan fingerprint density at radius 3 is 1.29 bits per heavy atom. The maximum absolute atomic E-state index is 13.4. The summed E-state index contributed by atoms with van der Waals surface area (Å²) in [5.41, 5.74) is -4.68. The van der Waals surface area contributed by atoms with E-state index in [1.54, 1.807) is 0 Å². The Balaban J connectivity index is 3.93. The first-order valence-corrected chi connectivity index (χ1v) is 6.41. The van der Waals surface area contributed by atoms with Gasteiger partial charge in [0.2, 0.25) is 5.76 Å². The highest BCUT2D eigenvalue weighted by molar-refractivity contribution is 5.36. The van der Waals surface area contributed by atoms with E-state index in [1.807, 2.05) is 0 Å². The lowest BCUT2D eigenvalue weighted by atomic mass is 9.98. The molecule has 0 radical (unpaired) electrons. The van der Waals surface area contributed by atoms with Crippen LogP contribution in [0.5, 0.6) is 11.5 Å². The van der Waals surface area contributed by atoms with Crippen LogP contribution in [0.1, 0.15) is 0 Å². The van der Waals surface area contributed by atoms with Gasteiger partial charge in [-0.15, -0.1) is 0 Å². The minimum atomic E-state index is -7.28. The normalized spacial score (nSPS) is 14.0. The predicted octanol–water partition coefficient (Wildman–Crippen LogP) is 5.98. The van der Waals surface area contributed by atoms with E-state index in [-0.39, 0.29) is 12.1 Å². The Bertz CT molecular complexity index is 695. The van der Waals surface area contributed by atoms with Crippen LogP contribution < -0.4 is 4.74 Å². The molecule has 1 aromatic rings. The minimum Gasteiger partial charge on any atom is -0.508 e. The molecule has 1 rings (SSSR count). The zero-order valence-electron chi connectivity index (χ0n) is 12.6. The number of benzene rings is 1. The molecule has 1 aromatic carbocycles. The molecule has 160 valence electrons. The van der Waals surface area contributed by atoms with E-state index in [0.29, 0.717) is 12.1 Å². The van der Waals surface area contributed by atoms with Crippen molar-refractivity contribution in [3.63, 3.8) is 0 Å². The van der Waals surface area contributed by atoms with Gasteiger partial charge in [-0.3, -0.25) is 0 Å². The molecule has 28 heavy (non-hydrogen) atoms. The first-order valence-electron chi connectivity index (χ1n) is 6.41. The Morgan fingerprint density at radius 2 is 1.00 bits per heavy atom. The Kier molecular flexibility index (Phi) is 5.85. The molecule has 0 aliphatic carbocycles. The van der Waals surface area contributed by atoms with Gasteiger partial charge in [0.05, 0.1) is 0 Å². The monoisotopic (exact) mass is 440 g/mol. The van der Waals surface area contributed by atoms with Crippen LogP contribution >= 0.6 is 0 Å². The predicted molar refractivity (Wildman–Crippen MR) is 63.8 cm³/mol. The van der Waals surface area contributed by atoms with Crippen molar-refractivity contribution in [2.45, 2.75) is 30.4 Å². The number of hydrogen-bond acceptors (Lipinski definition) is 2. The first kappa shape index (κ1) is 23.7. The zero-order chi connectivity index (χ0) is 22.3. The molecule has 0 aromatic heterocycles. The van der Waals surface area contributed by atoms with E-state index >= 15 is 0 Å². The van der Waals surface area contributed by atoms with Crippen molar-refractivity contribution < 1.29 is 66.9 Å². The van der Waals surface area contributed by atoms with Crippen molar-refractivity contribution in [3.05, 3.63) is 35.6 Å². The molecular weight excluding hydrogens is 435 g/mol. The fraction of sp³-hybridized carbons (Fsp3) is 0.385. The zero-order valence-corrected chi connectivity index (χ0v) is 12.6. The molecule has 0 saturated carbocycles. The number of phenolic OH excluding ortho intramolecular Hbond substituents is 1. The average molecular weight is 440 g/mol. The summed E-state index contributed by atoms with van der Waals surface area (Å²) in [6.07, 6.45) is -21.1. The molecule has 0 unspecified atom stereocenters. The smallest absolute Gasteiger partial charge is 0.458 e. The van der Waals surface area contributed by atoms with Crippen LogP contribution in [-0.4, -0.2) is 35.5 Å². The Labute approximate surface area is 145 Å². The lowest BCUT2D eigenvalue weighted by Gasteiger charge is -2.31. The summed E-state index contributed by atoms with van der Waals surface area (Å²) in [6, 6.07) is 1.56. The second-order valence-electron chi connectivity index (χ2n) is 4.94.